The number of halogens is 1. The van der Waals surface area contributed by atoms with Crippen LogP contribution in [-0.2, 0) is 14.8 Å². The molecule has 1 N–H and O–H groups in total. The van der Waals surface area contributed by atoms with Crippen LogP contribution < -0.4 is 0 Å². The number of likely N-dealkylation sites (N-methyl/N-ethyl adjacent to an activating group) is 1. The van der Waals surface area contributed by atoms with Crippen molar-refractivity contribution < 1.29 is 18.3 Å². The summed E-state index contributed by atoms with van der Waals surface area (Å²) in [7, 11) is -2.74. The van der Waals surface area contributed by atoms with E-state index in [1.165, 1.54) is 39.1 Å². The van der Waals surface area contributed by atoms with Crippen molar-refractivity contribution in [3.8, 4) is 0 Å². The Morgan fingerprint density at radius 1 is 1.33 bits per heavy atom. The number of benzene rings is 1. The second-order valence-electron chi connectivity index (χ2n) is 4.27. The number of hydrogen-bond donors (Lipinski definition) is 1. The molecular formula is C11H14ClNO4S. The molecule has 5 nitrogen and oxygen atoms in total. The van der Waals surface area contributed by atoms with Gasteiger partial charge >= 0.3 is 5.97 Å². The molecule has 0 aliphatic rings. The van der Waals surface area contributed by atoms with Crippen LogP contribution in [0.2, 0.25) is 5.02 Å². The number of carboxylic acids is 1. The van der Waals surface area contributed by atoms with Crippen LogP contribution in [0.3, 0.4) is 0 Å². The summed E-state index contributed by atoms with van der Waals surface area (Å²) >= 11 is 5.83. The van der Waals surface area contributed by atoms with Crippen LogP contribution in [0.1, 0.15) is 13.8 Å². The summed E-state index contributed by atoms with van der Waals surface area (Å²) < 4.78 is 25.4. The predicted octanol–water partition coefficient (Wildman–Crippen LogP) is 1.82. The third-order valence-corrected chi connectivity index (χ3v) is 5.32. The molecule has 0 saturated heterocycles. The number of hydrogen-bond acceptors (Lipinski definition) is 3. The maximum Gasteiger partial charge on any atom is 0.324 e. The van der Waals surface area contributed by atoms with Crippen molar-refractivity contribution in [1.29, 1.82) is 0 Å². The standard InChI is InChI=1S/C11H14ClNO4S/c1-11(2,10(14)15)13(3)18(16,17)9-7-5-4-6-8(9)12/h4-7H,1-3H3,(H,14,15). The average molecular weight is 292 g/mol. The van der Waals surface area contributed by atoms with E-state index >= 15 is 0 Å². The van der Waals surface area contributed by atoms with Crippen LogP contribution >= 0.6 is 11.6 Å². The molecule has 0 atom stereocenters. The van der Waals surface area contributed by atoms with E-state index in [1.54, 1.807) is 6.07 Å². The van der Waals surface area contributed by atoms with Crippen molar-refractivity contribution in [3.05, 3.63) is 29.3 Å². The van der Waals surface area contributed by atoms with Gasteiger partial charge in [-0.3, -0.25) is 4.79 Å². The van der Waals surface area contributed by atoms with E-state index in [0.717, 1.165) is 4.31 Å². The first kappa shape index (κ1) is 14.9. The van der Waals surface area contributed by atoms with Gasteiger partial charge in [-0.1, -0.05) is 23.7 Å². The molecule has 18 heavy (non-hydrogen) atoms. The zero-order valence-corrected chi connectivity index (χ0v) is 11.8. The Labute approximate surface area is 111 Å². The van der Waals surface area contributed by atoms with Crippen molar-refractivity contribution >= 4 is 27.6 Å². The first-order chi connectivity index (χ1) is 8.11. The fourth-order valence-electron chi connectivity index (χ4n) is 1.24. The number of sulfonamides is 1. The van der Waals surface area contributed by atoms with Crippen molar-refractivity contribution in [2.24, 2.45) is 0 Å². The zero-order valence-electron chi connectivity index (χ0n) is 10.2. The van der Waals surface area contributed by atoms with Crippen LogP contribution in [0.5, 0.6) is 0 Å². The van der Waals surface area contributed by atoms with E-state index in [2.05, 4.69) is 0 Å². The van der Waals surface area contributed by atoms with E-state index in [1.807, 2.05) is 0 Å². The third-order valence-electron chi connectivity index (χ3n) is 2.79. The van der Waals surface area contributed by atoms with Gasteiger partial charge in [0, 0.05) is 7.05 Å². The number of aliphatic carboxylic acids is 1. The number of carbonyl (C=O) groups is 1. The van der Waals surface area contributed by atoms with Crippen LogP contribution in [0.25, 0.3) is 0 Å². The lowest BCUT2D eigenvalue weighted by Gasteiger charge is -2.30. The normalized spacial score (nSPS) is 12.7. The average Bonchev–Trinajstić information content (AvgIpc) is 2.28. The molecule has 0 saturated carbocycles. The molecule has 1 aromatic carbocycles. The van der Waals surface area contributed by atoms with Gasteiger partial charge in [0.05, 0.1) is 5.02 Å². The van der Waals surface area contributed by atoms with E-state index in [0.29, 0.717) is 0 Å². The molecule has 0 aliphatic carbocycles. The smallest absolute Gasteiger partial charge is 0.324 e. The monoisotopic (exact) mass is 291 g/mol. The summed E-state index contributed by atoms with van der Waals surface area (Å²) in [4.78, 5) is 11.0. The van der Waals surface area contributed by atoms with Gasteiger partial charge in [-0.25, -0.2) is 8.42 Å². The van der Waals surface area contributed by atoms with Crippen LogP contribution in [0, 0.1) is 0 Å². The largest absolute Gasteiger partial charge is 0.480 e. The molecule has 7 heteroatoms. The molecule has 1 rings (SSSR count). The Hall–Kier alpha value is -1.11. The first-order valence-corrected chi connectivity index (χ1v) is 6.90. The van der Waals surface area contributed by atoms with Gasteiger partial charge in [0.2, 0.25) is 10.0 Å². The number of carboxylic acid groups (broad SMARTS) is 1. The van der Waals surface area contributed by atoms with Crippen LogP contribution in [-0.4, -0.2) is 36.4 Å². The molecule has 0 spiro atoms. The fraction of sp³-hybridized carbons (Fsp3) is 0.364. The molecule has 0 radical (unpaired) electrons. The summed E-state index contributed by atoms with van der Waals surface area (Å²) in [5.74, 6) is -1.24. The summed E-state index contributed by atoms with van der Waals surface area (Å²) in [6.45, 7) is 2.62. The van der Waals surface area contributed by atoms with Crippen molar-refractivity contribution in [3.63, 3.8) is 0 Å². The fourth-order valence-corrected chi connectivity index (χ4v) is 3.20. The minimum Gasteiger partial charge on any atom is -0.480 e. The lowest BCUT2D eigenvalue weighted by atomic mass is 10.1. The van der Waals surface area contributed by atoms with E-state index in [4.69, 9.17) is 16.7 Å². The maximum absolute atomic E-state index is 12.3. The highest BCUT2D eigenvalue weighted by molar-refractivity contribution is 7.89. The molecule has 0 heterocycles. The molecule has 1 aromatic rings. The zero-order chi connectivity index (χ0) is 14.1. The molecule has 0 bridgehead atoms. The third kappa shape index (κ3) is 2.50. The Kier molecular flexibility index (Phi) is 4.05. The van der Waals surface area contributed by atoms with Gasteiger partial charge in [-0.15, -0.1) is 0 Å². The molecule has 0 fully saturated rings. The SMILES string of the molecule is CN(C(C)(C)C(=O)O)S(=O)(=O)c1ccccc1Cl. The molecule has 100 valence electrons. The Bertz CT molecular complexity index is 568. The van der Waals surface area contributed by atoms with Crippen molar-refractivity contribution in [1.82, 2.24) is 4.31 Å². The van der Waals surface area contributed by atoms with E-state index in [-0.39, 0.29) is 9.92 Å². The van der Waals surface area contributed by atoms with E-state index in [9.17, 15) is 13.2 Å². The minimum atomic E-state index is -3.95. The quantitative estimate of drug-likeness (QED) is 0.918. The second-order valence-corrected chi connectivity index (χ2v) is 6.61. The van der Waals surface area contributed by atoms with Gasteiger partial charge in [-0.2, -0.15) is 4.31 Å². The molecule has 0 unspecified atom stereocenters. The Morgan fingerprint density at radius 2 is 1.83 bits per heavy atom. The summed E-state index contributed by atoms with van der Waals surface area (Å²) in [6, 6.07) is 5.91. The lowest BCUT2D eigenvalue weighted by Crippen LogP contribution is -2.50. The maximum atomic E-state index is 12.3. The van der Waals surface area contributed by atoms with Gasteiger partial charge in [0.1, 0.15) is 10.4 Å². The van der Waals surface area contributed by atoms with Crippen LogP contribution in [0.15, 0.2) is 29.2 Å². The van der Waals surface area contributed by atoms with Crippen LogP contribution in [0.4, 0.5) is 0 Å². The summed E-state index contributed by atoms with van der Waals surface area (Å²) in [5, 5.41) is 9.11. The first-order valence-electron chi connectivity index (χ1n) is 5.08. The highest BCUT2D eigenvalue weighted by atomic mass is 35.5. The topological polar surface area (TPSA) is 74.7 Å². The highest BCUT2D eigenvalue weighted by Gasteiger charge is 2.40. The lowest BCUT2D eigenvalue weighted by molar-refractivity contribution is -0.145. The molecule has 0 amide bonds. The molecule has 0 aliphatic heterocycles. The minimum absolute atomic E-state index is 0.0607. The van der Waals surface area contributed by atoms with Gasteiger partial charge in [0.15, 0.2) is 0 Å². The number of rotatable bonds is 4. The highest BCUT2D eigenvalue weighted by Crippen LogP contribution is 2.27. The van der Waals surface area contributed by atoms with E-state index < -0.39 is 21.5 Å². The summed E-state index contributed by atoms with van der Waals surface area (Å²) in [6.07, 6.45) is 0. The number of nitrogens with zero attached hydrogens (tertiary/aromatic N) is 1. The predicted molar refractivity (Wildman–Crippen MR) is 68.1 cm³/mol. The molecular weight excluding hydrogens is 278 g/mol. The van der Waals surface area contributed by atoms with Gasteiger partial charge in [-0.05, 0) is 26.0 Å². The summed E-state index contributed by atoms with van der Waals surface area (Å²) in [5.41, 5.74) is -1.56. The van der Waals surface area contributed by atoms with Gasteiger partial charge in [0.25, 0.3) is 0 Å². The van der Waals surface area contributed by atoms with Crippen molar-refractivity contribution in [2.75, 3.05) is 7.05 Å². The van der Waals surface area contributed by atoms with Gasteiger partial charge < -0.3 is 5.11 Å². The Morgan fingerprint density at radius 3 is 2.28 bits per heavy atom. The van der Waals surface area contributed by atoms with Crippen molar-refractivity contribution in [2.45, 2.75) is 24.3 Å². The second kappa shape index (κ2) is 4.87. The Balaban J connectivity index is 3.33. The molecule has 0 aromatic heterocycles.